The third-order valence-electron chi connectivity index (χ3n) is 2.40. The smallest absolute Gasteiger partial charge is 0.175 e. The van der Waals surface area contributed by atoms with E-state index in [4.69, 9.17) is 0 Å². The third-order valence-corrected chi connectivity index (χ3v) is 3.51. The first-order valence-electron chi connectivity index (χ1n) is 5.20. The molecule has 6 heteroatoms. The lowest BCUT2D eigenvalue weighted by Crippen LogP contribution is -2.11. The van der Waals surface area contributed by atoms with E-state index >= 15 is 0 Å². The summed E-state index contributed by atoms with van der Waals surface area (Å²) in [6, 6.07) is 4.93. The predicted molar refractivity (Wildman–Crippen MR) is 66.6 cm³/mol. The zero-order chi connectivity index (χ0) is 12.6. The third kappa shape index (κ3) is 2.65. The SMILES string of the molecule is CN(C)Cc1nc2ccc(S(C)(=O)=O)cc2[nH]1. The monoisotopic (exact) mass is 253 g/mol. The lowest BCUT2D eigenvalue weighted by molar-refractivity contribution is 0.392. The Balaban J connectivity index is 2.48. The summed E-state index contributed by atoms with van der Waals surface area (Å²) in [5.74, 6) is 0.829. The van der Waals surface area contributed by atoms with Gasteiger partial charge in [-0.1, -0.05) is 0 Å². The molecule has 0 bridgehead atoms. The fourth-order valence-corrected chi connectivity index (χ4v) is 2.29. The van der Waals surface area contributed by atoms with Gasteiger partial charge in [0.2, 0.25) is 0 Å². The molecular formula is C11H15N3O2S. The average Bonchev–Trinajstić information content (AvgIpc) is 2.55. The number of aromatic nitrogens is 2. The summed E-state index contributed by atoms with van der Waals surface area (Å²) in [6.07, 6.45) is 1.20. The van der Waals surface area contributed by atoms with Crippen molar-refractivity contribution in [3.8, 4) is 0 Å². The van der Waals surface area contributed by atoms with Crippen molar-refractivity contribution in [1.29, 1.82) is 0 Å². The highest BCUT2D eigenvalue weighted by Gasteiger charge is 2.10. The van der Waals surface area contributed by atoms with Gasteiger partial charge in [0.15, 0.2) is 9.84 Å². The van der Waals surface area contributed by atoms with Crippen LogP contribution in [0.25, 0.3) is 11.0 Å². The molecule has 17 heavy (non-hydrogen) atoms. The van der Waals surface area contributed by atoms with E-state index in [2.05, 4.69) is 9.97 Å². The van der Waals surface area contributed by atoms with Gasteiger partial charge in [-0.3, -0.25) is 0 Å². The standard InChI is InChI=1S/C11H15N3O2S/c1-14(2)7-11-12-9-5-4-8(17(3,15)16)6-10(9)13-11/h4-6H,7H2,1-3H3,(H,12,13). The van der Waals surface area contributed by atoms with Crippen LogP contribution in [0.15, 0.2) is 23.1 Å². The quantitative estimate of drug-likeness (QED) is 0.887. The molecule has 1 N–H and O–H groups in total. The van der Waals surface area contributed by atoms with Crippen LogP contribution in [0.4, 0.5) is 0 Å². The normalized spacial score (nSPS) is 12.5. The van der Waals surface area contributed by atoms with Crippen molar-refractivity contribution in [3.63, 3.8) is 0 Å². The van der Waals surface area contributed by atoms with Crippen molar-refractivity contribution in [2.75, 3.05) is 20.4 Å². The molecule has 0 unspecified atom stereocenters. The van der Waals surface area contributed by atoms with Crippen LogP contribution in [-0.2, 0) is 16.4 Å². The molecule has 0 saturated heterocycles. The maximum Gasteiger partial charge on any atom is 0.175 e. The Morgan fingerprint density at radius 3 is 2.65 bits per heavy atom. The van der Waals surface area contributed by atoms with Crippen LogP contribution < -0.4 is 0 Å². The van der Waals surface area contributed by atoms with Crippen molar-refractivity contribution in [2.24, 2.45) is 0 Å². The molecule has 2 rings (SSSR count). The molecule has 0 radical (unpaired) electrons. The molecule has 92 valence electrons. The summed E-state index contributed by atoms with van der Waals surface area (Å²) in [5, 5.41) is 0. The van der Waals surface area contributed by atoms with Gasteiger partial charge in [0.1, 0.15) is 5.82 Å². The van der Waals surface area contributed by atoms with Crippen molar-refractivity contribution in [3.05, 3.63) is 24.0 Å². The number of sulfone groups is 1. The summed E-state index contributed by atoms with van der Waals surface area (Å²) < 4.78 is 22.8. The van der Waals surface area contributed by atoms with Gasteiger partial charge in [-0.15, -0.1) is 0 Å². The Kier molecular flexibility index (Phi) is 2.92. The average molecular weight is 253 g/mol. The Hall–Kier alpha value is -1.40. The first-order chi connectivity index (χ1) is 7.86. The Morgan fingerprint density at radius 1 is 1.35 bits per heavy atom. The summed E-state index contributed by atoms with van der Waals surface area (Å²) in [6.45, 7) is 0.697. The van der Waals surface area contributed by atoms with Gasteiger partial charge < -0.3 is 9.88 Å². The van der Waals surface area contributed by atoms with Gasteiger partial charge in [0.05, 0.1) is 22.5 Å². The first kappa shape index (κ1) is 12.1. The number of fused-ring (bicyclic) bond motifs is 1. The van der Waals surface area contributed by atoms with Gasteiger partial charge in [0, 0.05) is 6.26 Å². The summed E-state index contributed by atoms with van der Waals surface area (Å²) in [4.78, 5) is 9.81. The molecule has 0 saturated carbocycles. The van der Waals surface area contributed by atoms with E-state index in [9.17, 15) is 8.42 Å². The molecule has 1 aromatic heterocycles. The number of rotatable bonds is 3. The second-order valence-electron chi connectivity index (χ2n) is 4.37. The highest BCUT2D eigenvalue weighted by atomic mass is 32.2. The highest BCUT2D eigenvalue weighted by Crippen LogP contribution is 2.17. The Bertz CT molecular complexity index is 644. The minimum absolute atomic E-state index is 0.310. The topological polar surface area (TPSA) is 66.1 Å². The van der Waals surface area contributed by atoms with Gasteiger partial charge in [-0.2, -0.15) is 0 Å². The van der Waals surface area contributed by atoms with E-state index in [1.54, 1.807) is 18.2 Å². The van der Waals surface area contributed by atoms with Crippen molar-refractivity contribution >= 4 is 20.9 Å². The van der Waals surface area contributed by atoms with Crippen LogP contribution >= 0.6 is 0 Å². The Labute approximate surface area is 100 Å². The van der Waals surface area contributed by atoms with Crippen LogP contribution in [0.5, 0.6) is 0 Å². The minimum atomic E-state index is -3.17. The van der Waals surface area contributed by atoms with Crippen molar-refractivity contribution in [1.82, 2.24) is 14.9 Å². The number of nitrogens with one attached hydrogen (secondary N) is 1. The minimum Gasteiger partial charge on any atom is -0.341 e. The molecule has 1 heterocycles. The summed E-state index contributed by atoms with van der Waals surface area (Å²) in [7, 11) is 0.741. The van der Waals surface area contributed by atoms with Crippen LogP contribution in [0.3, 0.4) is 0 Å². The second-order valence-corrected chi connectivity index (χ2v) is 6.39. The van der Waals surface area contributed by atoms with Gasteiger partial charge in [0.25, 0.3) is 0 Å². The van der Waals surface area contributed by atoms with E-state index in [1.807, 2.05) is 19.0 Å². The number of hydrogen-bond acceptors (Lipinski definition) is 4. The number of hydrogen-bond donors (Lipinski definition) is 1. The first-order valence-corrected chi connectivity index (χ1v) is 7.09. The predicted octanol–water partition coefficient (Wildman–Crippen LogP) is 1.03. The second kappa shape index (κ2) is 4.12. The van der Waals surface area contributed by atoms with E-state index in [1.165, 1.54) is 6.26 Å². The number of benzene rings is 1. The number of imidazole rings is 1. The molecule has 0 aliphatic heterocycles. The lowest BCUT2D eigenvalue weighted by atomic mass is 10.3. The largest absolute Gasteiger partial charge is 0.341 e. The molecule has 1 aromatic carbocycles. The Morgan fingerprint density at radius 2 is 2.06 bits per heavy atom. The fraction of sp³-hybridized carbons (Fsp3) is 0.364. The number of nitrogens with zero attached hydrogens (tertiary/aromatic N) is 2. The molecule has 0 atom stereocenters. The molecule has 0 fully saturated rings. The molecular weight excluding hydrogens is 238 g/mol. The van der Waals surface area contributed by atoms with E-state index in [0.717, 1.165) is 16.9 Å². The molecule has 0 aliphatic rings. The van der Waals surface area contributed by atoms with Gasteiger partial charge in [-0.05, 0) is 32.3 Å². The molecule has 0 amide bonds. The maximum atomic E-state index is 11.4. The zero-order valence-electron chi connectivity index (χ0n) is 10.1. The highest BCUT2D eigenvalue weighted by molar-refractivity contribution is 7.90. The molecule has 0 spiro atoms. The fourth-order valence-electron chi connectivity index (χ4n) is 1.65. The lowest BCUT2D eigenvalue weighted by Gasteiger charge is -2.04. The van der Waals surface area contributed by atoms with Crippen LogP contribution in [0.1, 0.15) is 5.82 Å². The van der Waals surface area contributed by atoms with E-state index < -0.39 is 9.84 Å². The van der Waals surface area contributed by atoms with Gasteiger partial charge in [-0.25, -0.2) is 13.4 Å². The summed E-state index contributed by atoms with van der Waals surface area (Å²) >= 11 is 0. The number of aromatic amines is 1. The van der Waals surface area contributed by atoms with Crippen molar-refractivity contribution in [2.45, 2.75) is 11.4 Å². The van der Waals surface area contributed by atoms with Crippen molar-refractivity contribution < 1.29 is 8.42 Å². The zero-order valence-corrected chi connectivity index (χ0v) is 10.9. The molecule has 2 aromatic rings. The maximum absolute atomic E-state index is 11.4. The van der Waals surface area contributed by atoms with E-state index in [0.29, 0.717) is 11.4 Å². The van der Waals surface area contributed by atoms with E-state index in [-0.39, 0.29) is 0 Å². The molecule has 0 aliphatic carbocycles. The van der Waals surface area contributed by atoms with Gasteiger partial charge >= 0.3 is 0 Å². The summed E-state index contributed by atoms with van der Waals surface area (Å²) in [5.41, 5.74) is 1.54. The molecule has 5 nitrogen and oxygen atoms in total. The number of H-pyrrole nitrogens is 1. The van der Waals surface area contributed by atoms with Crippen LogP contribution in [-0.4, -0.2) is 43.6 Å². The van der Waals surface area contributed by atoms with Crippen LogP contribution in [0.2, 0.25) is 0 Å². The van der Waals surface area contributed by atoms with Crippen LogP contribution in [0, 0.1) is 0 Å².